The van der Waals surface area contributed by atoms with E-state index in [1.54, 1.807) is 0 Å². The van der Waals surface area contributed by atoms with Gasteiger partial charge in [0, 0.05) is 19.5 Å². The van der Waals surface area contributed by atoms with E-state index in [0.717, 1.165) is 11.1 Å². The number of primary amides is 1. The highest BCUT2D eigenvalue weighted by molar-refractivity contribution is 5.86. The van der Waals surface area contributed by atoms with E-state index in [9.17, 15) is 9.59 Å². The molecule has 8 nitrogen and oxygen atoms in total. The first-order valence-corrected chi connectivity index (χ1v) is 8.27. The number of hydrogen-bond donors (Lipinski definition) is 4. The van der Waals surface area contributed by atoms with Crippen LogP contribution in [0.25, 0.3) is 0 Å². The van der Waals surface area contributed by atoms with Gasteiger partial charge in [-0.2, -0.15) is 0 Å². The van der Waals surface area contributed by atoms with Crippen molar-refractivity contribution in [3.8, 4) is 0 Å². The van der Waals surface area contributed by atoms with E-state index in [1.807, 2.05) is 31.2 Å². The molecule has 3 amide bonds. The van der Waals surface area contributed by atoms with Crippen molar-refractivity contribution in [1.29, 1.82) is 0 Å². The van der Waals surface area contributed by atoms with Gasteiger partial charge in [0.15, 0.2) is 0 Å². The number of rotatable bonds is 12. The van der Waals surface area contributed by atoms with Crippen molar-refractivity contribution in [2.75, 3.05) is 39.5 Å². The monoisotopic (exact) mass is 352 g/mol. The minimum absolute atomic E-state index is 0.318. The third-order valence-electron chi connectivity index (χ3n) is 3.38. The molecule has 0 heterocycles. The number of hydrogen-bond acceptors (Lipinski definition) is 5. The SMILES string of the molecule is Cc1ccc(C[C@H](NC(=O)NCCOCCOCCN)C(N)=O)cc1. The molecular weight excluding hydrogens is 324 g/mol. The molecule has 0 radical (unpaired) electrons. The minimum atomic E-state index is -0.770. The van der Waals surface area contributed by atoms with E-state index in [-0.39, 0.29) is 0 Å². The van der Waals surface area contributed by atoms with Crippen LogP contribution in [0.1, 0.15) is 11.1 Å². The molecule has 0 fully saturated rings. The molecule has 1 atom stereocenters. The summed E-state index contributed by atoms with van der Waals surface area (Å²) in [6, 6.07) is 6.48. The van der Waals surface area contributed by atoms with Crippen LogP contribution in [0.2, 0.25) is 0 Å². The molecule has 140 valence electrons. The molecule has 1 aromatic carbocycles. The Morgan fingerprint density at radius 1 is 1.08 bits per heavy atom. The third-order valence-corrected chi connectivity index (χ3v) is 3.38. The van der Waals surface area contributed by atoms with Crippen LogP contribution in [0.5, 0.6) is 0 Å². The van der Waals surface area contributed by atoms with E-state index < -0.39 is 18.0 Å². The van der Waals surface area contributed by atoms with E-state index in [4.69, 9.17) is 20.9 Å². The van der Waals surface area contributed by atoms with E-state index in [0.29, 0.717) is 45.9 Å². The van der Waals surface area contributed by atoms with Crippen LogP contribution < -0.4 is 22.1 Å². The fraction of sp³-hybridized carbons (Fsp3) is 0.529. The molecule has 6 N–H and O–H groups in total. The molecule has 1 rings (SSSR count). The Bertz CT molecular complexity index is 522. The lowest BCUT2D eigenvalue weighted by Crippen LogP contribution is -2.50. The van der Waals surface area contributed by atoms with Gasteiger partial charge in [-0.1, -0.05) is 29.8 Å². The van der Waals surface area contributed by atoms with Crippen molar-refractivity contribution < 1.29 is 19.1 Å². The number of carbonyl (C=O) groups excluding carboxylic acids is 2. The molecule has 0 aromatic heterocycles. The summed E-state index contributed by atoms with van der Waals surface area (Å²) in [7, 11) is 0. The summed E-state index contributed by atoms with van der Waals surface area (Å²) in [6.45, 7) is 4.51. The highest BCUT2D eigenvalue weighted by Crippen LogP contribution is 2.06. The maximum atomic E-state index is 11.9. The number of urea groups is 1. The number of carbonyl (C=O) groups is 2. The van der Waals surface area contributed by atoms with Crippen LogP contribution in [0.15, 0.2) is 24.3 Å². The normalized spacial score (nSPS) is 11.8. The quantitative estimate of drug-likeness (QED) is 0.383. The highest BCUT2D eigenvalue weighted by Gasteiger charge is 2.18. The third kappa shape index (κ3) is 9.65. The lowest BCUT2D eigenvalue weighted by Gasteiger charge is -2.16. The summed E-state index contributed by atoms with van der Waals surface area (Å²) in [6.07, 6.45) is 0.345. The summed E-state index contributed by atoms with van der Waals surface area (Å²) in [4.78, 5) is 23.4. The summed E-state index contributed by atoms with van der Waals surface area (Å²) in [5.74, 6) is -0.580. The lowest BCUT2D eigenvalue weighted by molar-refractivity contribution is -0.119. The maximum Gasteiger partial charge on any atom is 0.315 e. The molecule has 0 aliphatic rings. The number of aryl methyl sites for hydroxylation is 1. The standard InChI is InChI=1S/C17H28N4O4/c1-13-2-4-14(5-3-13)12-15(16(19)22)21-17(23)20-7-9-25-11-10-24-8-6-18/h2-5,15H,6-12,18H2,1H3,(H2,19,22)(H2,20,21,23)/t15-/m0/s1. The van der Waals surface area contributed by atoms with Crippen molar-refractivity contribution >= 4 is 11.9 Å². The zero-order valence-electron chi connectivity index (χ0n) is 14.6. The average Bonchev–Trinajstić information content (AvgIpc) is 2.58. The highest BCUT2D eigenvalue weighted by atomic mass is 16.5. The Balaban J connectivity index is 2.25. The van der Waals surface area contributed by atoms with E-state index in [2.05, 4.69) is 10.6 Å². The Morgan fingerprint density at radius 2 is 1.72 bits per heavy atom. The van der Waals surface area contributed by atoms with Crippen LogP contribution in [-0.2, 0) is 20.7 Å². The molecule has 25 heavy (non-hydrogen) atoms. The van der Waals surface area contributed by atoms with Crippen LogP contribution in [0.4, 0.5) is 4.79 Å². The molecule has 8 heteroatoms. The number of amides is 3. The fourth-order valence-corrected chi connectivity index (χ4v) is 2.03. The fourth-order valence-electron chi connectivity index (χ4n) is 2.03. The number of nitrogens with one attached hydrogen (secondary N) is 2. The van der Waals surface area contributed by atoms with Crippen molar-refractivity contribution in [1.82, 2.24) is 10.6 Å². The van der Waals surface area contributed by atoms with Crippen molar-refractivity contribution in [3.05, 3.63) is 35.4 Å². The minimum Gasteiger partial charge on any atom is -0.378 e. The maximum absolute atomic E-state index is 11.9. The molecule has 0 aliphatic carbocycles. The second kappa shape index (κ2) is 12.2. The van der Waals surface area contributed by atoms with Gasteiger partial charge in [0.25, 0.3) is 0 Å². The van der Waals surface area contributed by atoms with E-state index in [1.165, 1.54) is 0 Å². The molecule has 0 unspecified atom stereocenters. The zero-order valence-corrected chi connectivity index (χ0v) is 14.6. The first kappa shape index (κ1) is 20.9. The van der Waals surface area contributed by atoms with Crippen molar-refractivity contribution in [2.45, 2.75) is 19.4 Å². The van der Waals surface area contributed by atoms with Gasteiger partial charge in [0.05, 0.1) is 26.4 Å². The predicted molar refractivity (Wildman–Crippen MR) is 95.1 cm³/mol. The second-order valence-corrected chi connectivity index (χ2v) is 5.56. The zero-order chi connectivity index (χ0) is 18.5. The molecule has 0 saturated carbocycles. The van der Waals surface area contributed by atoms with Crippen LogP contribution in [-0.4, -0.2) is 57.5 Å². The Labute approximate surface area is 148 Å². The summed E-state index contributed by atoms with van der Waals surface area (Å²) in [5, 5.41) is 5.20. The summed E-state index contributed by atoms with van der Waals surface area (Å²) < 4.78 is 10.4. The van der Waals surface area contributed by atoms with Gasteiger partial charge in [-0.3, -0.25) is 4.79 Å². The van der Waals surface area contributed by atoms with Crippen molar-refractivity contribution in [3.63, 3.8) is 0 Å². The van der Waals surface area contributed by atoms with Gasteiger partial charge < -0.3 is 31.6 Å². The van der Waals surface area contributed by atoms with Gasteiger partial charge in [-0.15, -0.1) is 0 Å². The molecular formula is C17H28N4O4. The smallest absolute Gasteiger partial charge is 0.315 e. The van der Waals surface area contributed by atoms with Gasteiger partial charge in [-0.05, 0) is 12.5 Å². The Kier molecular flexibility index (Phi) is 10.2. The second-order valence-electron chi connectivity index (χ2n) is 5.56. The molecule has 0 bridgehead atoms. The van der Waals surface area contributed by atoms with Gasteiger partial charge in [-0.25, -0.2) is 4.79 Å². The molecule has 0 spiro atoms. The summed E-state index contributed by atoms with van der Waals surface area (Å²) >= 11 is 0. The Hall–Kier alpha value is -2.16. The number of nitrogens with two attached hydrogens (primary N) is 2. The van der Waals surface area contributed by atoms with Crippen LogP contribution in [0.3, 0.4) is 0 Å². The first-order chi connectivity index (χ1) is 12.0. The first-order valence-electron chi connectivity index (χ1n) is 8.27. The molecule has 0 aliphatic heterocycles. The van der Waals surface area contributed by atoms with Crippen molar-refractivity contribution in [2.24, 2.45) is 11.5 Å². The van der Waals surface area contributed by atoms with Gasteiger partial charge >= 0.3 is 6.03 Å². The average molecular weight is 352 g/mol. The lowest BCUT2D eigenvalue weighted by atomic mass is 10.0. The van der Waals surface area contributed by atoms with Crippen LogP contribution >= 0.6 is 0 Å². The number of benzene rings is 1. The predicted octanol–water partition coefficient (Wildman–Crippen LogP) is -0.317. The largest absolute Gasteiger partial charge is 0.378 e. The van der Waals surface area contributed by atoms with Crippen LogP contribution in [0, 0.1) is 6.92 Å². The van der Waals surface area contributed by atoms with E-state index >= 15 is 0 Å². The topological polar surface area (TPSA) is 129 Å². The molecule has 0 saturated heterocycles. The Morgan fingerprint density at radius 3 is 2.32 bits per heavy atom. The molecule has 1 aromatic rings. The number of ether oxygens (including phenoxy) is 2. The van der Waals surface area contributed by atoms with Gasteiger partial charge in [0.2, 0.25) is 5.91 Å². The van der Waals surface area contributed by atoms with Gasteiger partial charge in [0.1, 0.15) is 6.04 Å². The summed E-state index contributed by atoms with van der Waals surface area (Å²) in [5.41, 5.74) is 12.7.